The first-order chi connectivity index (χ1) is 12.1. The Morgan fingerprint density at radius 3 is 1.36 bits per heavy atom. The number of allylic oxidation sites excluding steroid dienone is 2. The Morgan fingerprint density at radius 1 is 0.680 bits per heavy atom. The maximum Gasteiger partial charge on any atom is 0.119 e. The molecular weight excluding hydrogens is 308 g/mol. The average Bonchev–Trinajstić information content (AvgIpc) is 2.63. The standard InChI is InChI=1S/C23H28O2/c1-5-7-17-24-21-13-9-19(10-14-21)23(3,4)20-11-15-22(16-12-20)25-18-8-6-2/h5-16H,17-18H2,1-4H3. The second-order valence-corrected chi connectivity index (χ2v) is 6.43. The van der Waals surface area contributed by atoms with E-state index in [-0.39, 0.29) is 5.41 Å². The van der Waals surface area contributed by atoms with Gasteiger partial charge in [0.15, 0.2) is 0 Å². The van der Waals surface area contributed by atoms with Gasteiger partial charge < -0.3 is 9.47 Å². The van der Waals surface area contributed by atoms with Crippen LogP contribution in [0.1, 0.15) is 38.8 Å². The number of hydrogen-bond donors (Lipinski definition) is 0. The van der Waals surface area contributed by atoms with E-state index in [0.29, 0.717) is 13.2 Å². The molecule has 0 radical (unpaired) electrons. The minimum Gasteiger partial charge on any atom is -0.490 e. The summed E-state index contributed by atoms with van der Waals surface area (Å²) in [6.07, 6.45) is 7.97. The van der Waals surface area contributed by atoms with Crippen LogP contribution in [-0.2, 0) is 5.41 Å². The first kappa shape index (κ1) is 18.9. The zero-order chi connectivity index (χ0) is 18.1. The van der Waals surface area contributed by atoms with Crippen LogP contribution in [0.25, 0.3) is 0 Å². The van der Waals surface area contributed by atoms with Gasteiger partial charge in [0, 0.05) is 5.41 Å². The van der Waals surface area contributed by atoms with Gasteiger partial charge in [-0.05, 0) is 49.2 Å². The first-order valence-corrected chi connectivity index (χ1v) is 8.77. The smallest absolute Gasteiger partial charge is 0.119 e. The van der Waals surface area contributed by atoms with Gasteiger partial charge in [-0.1, -0.05) is 62.4 Å². The molecule has 0 saturated carbocycles. The summed E-state index contributed by atoms with van der Waals surface area (Å²) in [7, 11) is 0. The lowest BCUT2D eigenvalue weighted by Crippen LogP contribution is -2.18. The molecule has 2 rings (SSSR count). The van der Waals surface area contributed by atoms with Crippen molar-refractivity contribution in [3.63, 3.8) is 0 Å². The van der Waals surface area contributed by atoms with Crippen LogP contribution >= 0.6 is 0 Å². The van der Waals surface area contributed by atoms with Crippen LogP contribution in [-0.4, -0.2) is 13.2 Å². The predicted octanol–water partition coefficient (Wildman–Crippen LogP) is 5.92. The van der Waals surface area contributed by atoms with Crippen LogP contribution in [0.2, 0.25) is 0 Å². The van der Waals surface area contributed by atoms with E-state index in [1.807, 2.05) is 62.4 Å². The molecule has 0 bridgehead atoms. The third kappa shape index (κ3) is 5.25. The Labute approximate surface area is 151 Å². The fourth-order valence-electron chi connectivity index (χ4n) is 2.58. The zero-order valence-corrected chi connectivity index (χ0v) is 15.7. The minimum atomic E-state index is -0.0797. The van der Waals surface area contributed by atoms with E-state index in [1.54, 1.807) is 0 Å². The van der Waals surface area contributed by atoms with Crippen LogP contribution in [0, 0.1) is 0 Å². The quantitative estimate of drug-likeness (QED) is 0.557. The third-order valence-electron chi connectivity index (χ3n) is 4.32. The molecule has 0 fully saturated rings. The highest BCUT2D eigenvalue weighted by atomic mass is 16.5. The molecular formula is C23H28O2. The second-order valence-electron chi connectivity index (χ2n) is 6.43. The van der Waals surface area contributed by atoms with Crippen molar-refractivity contribution < 1.29 is 9.47 Å². The van der Waals surface area contributed by atoms with Gasteiger partial charge >= 0.3 is 0 Å². The molecule has 0 unspecified atom stereocenters. The molecule has 0 aliphatic carbocycles. The van der Waals surface area contributed by atoms with Crippen LogP contribution in [0.4, 0.5) is 0 Å². The van der Waals surface area contributed by atoms with E-state index in [4.69, 9.17) is 9.47 Å². The highest BCUT2D eigenvalue weighted by Gasteiger charge is 2.23. The molecule has 0 aromatic heterocycles. The number of rotatable bonds is 8. The van der Waals surface area contributed by atoms with Crippen molar-refractivity contribution in [2.24, 2.45) is 0 Å². The number of hydrogen-bond acceptors (Lipinski definition) is 2. The Balaban J connectivity index is 2.09. The summed E-state index contributed by atoms with van der Waals surface area (Å²) < 4.78 is 11.3. The highest BCUT2D eigenvalue weighted by molar-refractivity contribution is 5.41. The summed E-state index contributed by atoms with van der Waals surface area (Å²) in [5, 5.41) is 0. The molecule has 0 heterocycles. The second kappa shape index (κ2) is 9.12. The van der Waals surface area contributed by atoms with E-state index >= 15 is 0 Å². The Bertz CT molecular complexity index is 630. The number of ether oxygens (including phenoxy) is 2. The molecule has 2 heteroatoms. The topological polar surface area (TPSA) is 18.5 Å². The van der Waals surface area contributed by atoms with Gasteiger partial charge in [-0.3, -0.25) is 0 Å². The predicted molar refractivity (Wildman–Crippen MR) is 106 cm³/mol. The summed E-state index contributed by atoms with van der Waals surface area (Å²) in [6, 6.07) is 16.7. The van der Waals surface area contributed by atoms with Gasteiger partial charge in [-0.2, -0.15) is 0 Å². The van der Waals surface area contributed by atoms with Gasteiger partial charge in [0.2, 0.25) is 0 Å². The third-order valence-corrected chi connectivity index (χ3v) is 4.32. The molecule has 2 aromatic rings. The summed E-state index contributed by atoms with van der Waals surface area (Å²) >= 11 is 0. The lowest BCUT2D eigenvalue weighted by atomic mass is 9.78. The summed E-state index contributed by atoms with van der Waals surface area (Å²) in [5.41, 5.74) is 2.44. The summed E-state index contributed by atoms with van der Waals surface area (Å²) in [4.78, 5) is 0. The molecule has 0 N–H and O–H groups in total. The minimum absolute atomic E-state index is 0.0797. The molecule has 132 valence electrons. The maximum atomic E-state index is 5.67. The molecule has 0 saturated heterocycles. The van der Waals surface area contributed by atoms with Crippen molar-refractivity contribution in [1.82, 2.24) is 0 Å². The van der Waals surface area contributed by atoms with Crippen molar-refractivity contribution >= 4 is 0 Å². The Hall–Kier alpha value is -2.48. The molecule has 0 amide bonds. The van der Waals surface area contributed by atoms with E-state index in [1.165, 1.54) is 11.1 Å². The maximum absolute atomic E-state index is 5.67. The Morgan fingerprint density at radius 2 is 1.04 bits per heavy atom. The Kier molecular flexibility index (Phi) is 6.88. The highest BCUT2D eigenvalue weighted by Crippen LogP contribution is 2.33. The van der Waals surface area contributed by atoms with Gasteiger partial charge in [0.1, 0.15) is 24.7 Å². The molecule has 0 aliphatic heterocycles. The summed E-state index contributed by atoms with van der Waals surface area (Å²) in [6.45, 7) is 9.66. The first-order valence-electron chi connectivity index (χ1n) is 8.77. The van der Waals surface area contributed by atoms with E-state index in [9.17, 15) is 0 Å². The van der Waals surface area contributed by atoms with Crippen molar-refractivity contribution in [3.05, 3.63) is 84.0 Å². The molecule has 0 spiro atoms. The van der Waals surface area contributed by atoms with Gasteiger partial charge in [-0.25, -0.2) is 0 Å². The molecule has 25 heavy (non-hydrogen) atoms. The lowest BCUT2D eigenvalue weighted by Gasteiger charge is -2.26. The van der Waals surface area contributed by atoms with E-state index < -0.39 is 0 Å². The molecule has 2 nitrogen and oxygen atoms in total. The van der Waals surface area contributed by atoms with Crippen LogP contribution in [0.15, 0.2) is 72.8 Å². The zero-order valence-electron chi connectivity index (χ0n) is 15.7. The lowest BCUT2D eigenvalue weighted by molar-refractivity contribution is 0.362. The molecule has 0 aliphatic rings. The van der Waals surface area contributed by atoms with Crippen molar-refractivity contribution in [1.29, 1.82) is 0 Å². The normalized spacial score (nSPS) is 12.0. The van der Waals surface area contributed by atoms with Crippen molar-refractivity contribution in [2.45, 2.75) is 33.1 Å². The van der Waals surface area contributed by atoms with E-state index in [0.717, 1.165) is 11.5 Å². The fraction of sp³-hybridized carbons (Fsp3) is 0.304. The van der Waals surface area contributed by atoms with Gasteiger partial charge in [0.05, 0.1) is 0 Å². The van der Waals surface area contributed by atoms with Crippen molar-refractivity contribution in [2.75, 3.05) is 13.2 Å². The molecule has 0 atom stereocenters. The fourth-order valence-corrected chi connectivity index (χ4v) is 2.58. The van der Waals surface area contributed by atoms with E-state index in [2.05, 4.69) is 38.1 Å². The SMILES string of the molecule is CC=CCOc1ccc(C(C)(C)c2ccc(OCC=CC)cc2)cc1. The van der Waals surface area contributed by atoms with Crippen molar-refractivity contribution in [3.8, 4) is 11.5 Å². The monoisotopic (exact) mass is 336 g/mol. The largest absolute Gasteiger partial charge is 0.490 e. The summed E-state index contributed by atoms with van der Waals surface area (Å²) in [5.74, 6) is 1.79. The van der Waals surface area contributed by atoms with Crippen LogP contribution in [0.3, 0.4) is 0 Å². The van der Waals surface area contributed by atoms with Crippen LogP contribution < -0.4 is 9.47 Å². The van der Waals surface area contributed by atoms with Crippen LogP contribution in [0.5, 0.6) is 11.5 Å². The molecule has 2 aromatic carbocycles. The van der Waals surface area contributed by atoms with Gasteiger partial charge in [-0.15, -0.1) is 0 Å². The van der Waals surface area contributed by atoms with Gasteiger partial charge in [0.25, 0.3) is 0 Å². The number of benzene rings is 2. The average molecular weight is 336 g/mol.